The average molecular weight is 481 g/mol. The zero-order valence-corrected chi connectivity index (χ0v) is 19.4. The van der Waals surface area contributed by atoms with E-state index in [0.29, 0.717) is 0 Å². The molecule has 0 aliphatic carbocycles. The monoisotopic (exact) mass is 480 g/mol. The molecule has 0 spiro atoms. The van der Waals surface area contributed by atoms with Gasteiger partial charge in [0.1, 0.15) is 11.6 Å². The molecule has 0 radical (unpaired) electrons. The highest BCUT2D eigenvalue weighted by atomic mass is 35.5. The molecule has 0 saturated carbocycles. The van der Waals surface area contributed by atoms with Crippen LogP contribution in [0.2, 0.25) is 0 Å². The van der Waals surface area contributed by atoms with Crippen LogP contribution >= 0.6 is 12.4 Å². The summed E-state index contributed by atoms with van der Waals surface area (Å²) in [5.41, 5.74) is 1.48. The molecule has 9 heteroatoms. The minimum Gasteiger partial charge on any atom is -0.340 e. The van der Waals surface area contributed by atoms with Crippen molar-refractivity contribution in [1.82, 2.24) is 20.4 Å². The summed E-state index contributed by atoms with van der Waals surface area (Å²) < 4.78 is 25.8. The molecule has 0 bridgehead atoms. The maximum absolute atomic E-state index is 12.9. The van der Waals surface area contributed by atoms with Crippen LogP contribution in [0.1, 0.15) is 11.1 Å². The van der Waals surface area contributed by atoms with Gasteiger partial charge in [-0.1, -0.05) is 24.3 Å². The number of nitrogens with zero attached hydrogens (tertiary/aromatic N) is 2. The van der Waals surface area contributed by atoms with Gasteiger partial charge in [-0.25, -0.2) is 8.78 Å². The van der Waals surface area contributed by atoms with Gasteiger partial charge in [-0.05, 0) is 35.4 Å². The van der Waals surface area contributed by atoms with Crippen molar-refractivity contribution in [3.8, 4) is 0 Å². The minimum absolute atomic E-state index is 0. The van der Waals surface area contributed by atoms with Gasteiger partial charge in [-0.3, -0.25) is 9.59 Å². The molecule has 2 aromatic carbocycles. The lowest BCUT2D eigenvalue weighted by Gasteiger charge is -2.27. The van der Waals surface area contributed by atoms with E-state index in [0.717, 1.165) is 63.5 Å². The maximum atomic E-state index is 12.9. The number of hydrogen-bond acceptors (Lipinski definition) is 4. The van der Waals surface area contributed by atoms with Gasteiger partial charge in [-0.15, -0.1) is 12.4 Å². The fraction of sp³-hybridized carbons (Fsp3) is 0.417. The predicted octanol–water partition coefficient (Wildman–Crippen LogP) is 2.02. The lowest BCUT2D eigenvalue weighted by molar-refractivity contribution is -0.131. The molecule has 0 atom stereocenters. The van der Waals surface area contributed by atoms with Crippen LogP contribution in [0.3, 0.4) is 0 Å². The Bertz CT molecular complexity index is 830. The van der Waals surface area contributed by atoms with Gasteiger partial charge in [0.2, 0.25) is 11.8 Å². The standard InChI is InChI=1S/2C12H15FN2O.ClH/c2*13-11-3-1-2-10(8-11)9-12(16)15-6-4-14-5-7-15;/h2*1-3,8,14H,4-7,9H2;1H. The van der Waals surface area contributed by atoms with E-state index in [-0.39, 0.29) is 48.7 Å². The van der Waals surface area contributed by atoms with E-state index in [4.69, 9.17) is 0 Å². The van der Waals surface area contributed by atoms with E-state index in [1.54, 1.807) is 24.3 Å². The Morgan fingerprint density at radius 2 is 1.06 bits per heavy atom. The normalized spacial score (nSPS) is 15.7. The number of rotatable bonds is 4. The second-order valence-corrected chi connectivity index (χ2v) is 7.87. The number of carbonyl (C=O) groups excluding carboxylic acids is 2. The summed E-state index contributed by atoms with van der Waals surface area (Å²) in [6, 6.07) is 12.4. The van der Waals surface area contributed by atoms with Crippen molar-refractivity contribution in [2.24, 2.45) is 0 Å². The number of piperazine rings is 2. The van der Waals surface area contributed by atoms with E-state index in [1.165, 1.54) is 24.3 Å². The molecule has 2 aromatic rings. The van der Waals surface area contributed by atoms with Crippen molar-refractivity contribution in [2.75, 3.05) is 52.4 Å². The van der Waals surface area contributed by atoms with E-state index < -0.39 is 0 Å². The Balaban J connectivity index is 0.000000227. The van der Waals surface area contributed by atoms with Gasteiger partial charge in [-0.2, -0.15) is 0 Å². The van der Waals surface area contributed by atoms with E-state index >= 15 is 0 Å². The first-order valence-corrected chi connectivity index (χ1v) is 11.0. The van der Waals surface area contributed by atoms with E-state index in [9.17, 15) is 18.4 Å². The van der Waals surface area contributed by atoms with Crippen LogP contribution in [0.25, 0.3) is 0 Å². The van der Waals surface area contributed by atoms with E-state index in [1.807, 2.05) is 9.80 Å². The number of nitrogens with one attached hydrogen (secondary N) is 2. The van der Waals surface area contributed by atoms with Gasteiger partial charge in [0.05, 0.1) is 12.8 Å². The number of amides is 2. The van der Waals surface area contributed by atoms with Crippen molar-refractivity contribution < 1.29 is 18.4 Å². The molecule has 180 valence electrons. The summed E-state index contributed by atoms with van der Waals surface area (Å²) in [7, 11) is 0. The molecule has 2 aliphatic heterocycles. The van der Waals surface area contributed by atoms with Gasteiger partial charge < -0.3 is 20.4 Å². The SMILES string of the molecule is Cl.O=C(Cc1cccc(F)c1)N1CCNCC1.O=C(Cc1cccc(F)c1)N1CCNCC1. The molecular formula is C24H31ClF2N4O2. The fourth-order valence-corrected chi connectivity index (χ4v) is 3.70. The summed E-state index contributed by atoms with van der Waals surface area (Å²) in [5, 5.41) is 6.38. The highest BCUT2D eigenvalue weighted by molar-refractivity contribution is 5.85. The summed E-state index contributed by atoms with van der Waals surface area (Å²) >= 11 is 0. The van der Waals surface area contributed by atoms with Crippen LogP contribution in [-0.2, 0) is 22.4 Å². The van der Waals surface area contributed by atoms with E-state index in [2.05, 4.69) is 10.6 Å². The first kappa shape index (κ1) is 26.7. The third-order valence-corrected chi connectivity index (χ3v) is 5.43. The van der Waals surface area contributed by atoms with Crippen LogP contribution in [-0.4, -0.2) is 74.0 Å². The molecule has 2 fully saturated rings. The Kier molecular flexibility index (Phi) is 11.2. The molecule has 0 unspecified atom stereocenters. The first-order chi connectivity index (χ1) is 15.5. The summed E-state index contributed by atoms with van der Waals surface area (Å²) in [4.78, 5) is 27.4. The van der Waals surface area contributed by atoms with Gasteiger partial charge in [0, 0.05) is 52.4 Å². The molecule has 4 rings (SSSR count). The van der Waals surface area contributed by atoms with Crippen LogP contribution in [0.15, 0.2) is 48.5 Å². The maximum Gasteiger partial charge on any atom is 0.227 e. The van der Waals surface area contributed by atoms with Crippen molar-refractivity contribution in [3.63, 3.8) is 0 Å². The highest BCUT2D eigenvalue weighted by Gasteiger charge is 2.17. The first-order valence-electron chi connectivity index (χ1n) is 11.0. The highest BCUT2D eigenvalue weighted by Crippen LogP contribution is 2.08. The lowest BCUT2D eigenvalue weighted by atomic mass is 10.1. The zero-order chi connectivity index (χ0) is 22.8. The third-order valence-electron chi connectivity index (χ3n) is 5.43. The number of halogens is 3. The van der Waals surface area contributed by atoms with Crippen molar-refractivity contribution in [3.05, 3.63) is 71.3 Å². The predicted molar refractivity (Wildman–Crippen MR) is 126 cm³/mol. The smallest absolute Gasteiger partial charge is 0.227 e. The lowest BCUT2D eigenvalue weighted by Crippen LogP contribution is -2.46. The number of hydrogen-bond donors (Lipinski definition) is 2. The summed E-state index contributed by atoms with van der Waals surface area (Å²) in [6.45, 7) is 6.35. The zero-order valence-electron chi connectivity index (χ0n) is 18.6. The minimum atomic E-state index is -0.286. The molecule has 33 heavy (non-hydrogen) atoms. The largest absolute Gasteiger partial charge is 0.340 e. The number of benzene rings is 2. The Labute approximate surface area is 199 Å². The number of carbonyl (C=O) groups is 2. The molecule has 2 amide bonds. The van der Waals surface area contributed by atoms with Crippen LogP contribution in [0.4, 0.5) is 8.78 Å². The molecule has 2 N–H and O–H groups in total. The van der Waals surface area contributed by atoms with Crippen molar-refractivity contribution in [1.29, 1.82) is 0 Å². The molecule has 2 saturated heterocycles. The van der Waals surface area contributed by atoms with Crippen LogP contribution in [0, 0.1) is 11.6 Å². The topological polar surface area (TPSA) is 64.7 Å². The summed E-state index contributed by atoms with van der Waals surface area (Å²) in [5.74, 6) is -0.421. The molecule has 0 aromatic heterocycles. The van der Waals surface area contributed by atoms with Gasteiger partial charge >= 0.3 is 0 Å². The Hall–Kier alpha value is -2.55. The van der Waals surface area contributed by atoms with Crippen molar-refractivity contribution >= 4 is 24.2 Å². The van der Waals surface area contributed by atoms with Gasteiger partial charge in [0.15, 0.2) is 0 Å². The molecular weight excluding hydrogens is 450 g/mol. The van der Waals surface area contributed by atoms with Crippen LogP contribution in [0.5, 0.6) is 0 Å². The fourth-order valence-electron chi connectivity index (χ4n) is 3.70. The second kappa shape index (κ2) is 13.9. The van der Waals surface area contributed by atoms with Crippen LogP contribution < -0.4 is 10.6 Å². The second-order valence-electron chi connectivity index (χ2n) is 7.87. The molecule has 2 aliphatic rings. The molecule has 6 nitrogen and oxygen atoms in total. The summed E-state index contributed by atoms with van der Waals surface area (Å²) in [6.07, 6.45) is 0.579. The third kappa shape index (κ3) is 9.07. The Morgan fingerprint density at radius 3 is 1.39 bits per heavy atom. The quantitative estimate of drug-likeness (QED) is 0.703. The van der Waals surface area contributed by atoms with Crippen molar-refractivity contribution in [2.45, 2.75) is 12.8 Å². The molecule has 2 heterocycles. The Morgan fingerprint density at radius 1 is 0.697 bits per heavy atom. The van der Waals surface area contributed by atoms with Gasteiger partial charge in [0.25, 0.3) is 0 Å². The average Bonchev–Trinajstić information content (AvgIpc) is 2.81.